The third-order valence-corrected chi connectivity index (χ3v) is 3.78. The van der Waals surface area contributed by atoms with E-state index >= 15 is 0 Å². The second-order valence-electron chi connectivity index (χ2n) is 5.43. The molecule has 3 heteroatoms. The first-order valence-corrected chi connectivity index (χ1v) is 7.34. The van der Waals surface area contributed by atoms with Crippen molar-refractivity contribution in [2.75, 3.05) is 13.1 Å². The molecule has 1 saturated carbocycles. The summed E-state index contributed by atoms with van der Waals surface area (Å²) in [7, 11) is 0. The minimum Gasteiger partial charge on any atom is -0.337 e. The standard InChI is InChI=1S/C15H28N2O/c1-3-8-14(16)15(18)17(11-4-2)12-13-9-6-5-7-10-13/h4,13-14H,2-3,5-12,16H2,1H3. The lowest BCUT2D eigenvalue weighted by molar-refractivity contribution is -0.133. The Kier molecular flexibility index (Phi) is 7.02. The van der Waals surface area contributed by atoms with Crippen molar-refractivity contribution in [3.8, 4) is 0 Å². The predicted molar refractivity (Wildman–Crippen MR) is 76.2 cm³/mol. The molecule has 1 amide bonds. The van der Waals surface area contributed by atoms with Gasteiger partial charge in [0.1, 0.15) is 0 Å². The fraction of sp³-hybridized carbons (Fsp3) is 0.800. The number of hydrogen-bond acceptors (Lipinski definition) is 2. The van der Waals surface area contributed by atoms with E-state index in [4.69, 9.17) is 5.73 Å². The van der Waals surface area contributed by atoms with Crippen LogP contribution >= 0.6 is 0 Å². The van der Waals surface area contributed by atoms with Crippen molar-refractivity contribution in [3.63, 3.8) is 0 Å². The van der Waals surface area contributed by atoms with E-state index in [1.54, 1.807) is 6.08 Å². The summed E-state index contributed by atoms with van der Waals surface area (Å²) in [5.41, 5.74) is 5.94. The minimum absolute atomic E-state index is 0.0994. The fourth-order valence-corrected chi connectivity index (χ4v) is 2.76. The summed E-state index contributed by atoms with van der Waals surface area (Å²) < 4.78 is 0. The molecular formula is C15H28N2O. The number of carbonyl (C=O) groups is 1. The van der Waals surface area contributed by atoms with Gasteiger partial charge in [0, 0.05) is 13.1 Å². The highest BCUT2D eigenvalue weighted by molar-refractivity contribution is 5.81. The van der Waals surface area contributed by atoms with Crippen LogP contribution in [0, 0.1) is 5.92 Å². The second kappa shape index (κ2) is 8.30. The molecule has 1 atom stereocenters. The van der Waals surface area contributed by atoms with Gasteiger partial charge in [0.05, 0.1) is 6.04 Å². The Labute approximate surface area is 111 Å². The van der Waals surface area contributed by atoms with Crippen LogP contribution in [-0.4, -0.2) is 29.9 Å². The summed E-state index contributed by atoms with van der Waals surface area (Å²) in [5, 5.41) is 0. The van der Waals surface area contributed by atoms with Crippen LogP contribution in [0.4, 0.5) is 0 Å². The maximum atomic E-state index is 12.2. The number of amides is 1. The second-order valence-corrected chi connectivity index (χ2v) is 5.43. The molecule has 0 spiro atoms. The molecular weight excluding hydrogens is 224 g/mol. The molecule has 1 aliphatic rings. The highest BCUT2D eigenvalue weighted by Crippen LogP contribution is 2.24. The molecule has 0 radical (unpaired) electrons. The van der Waals surface area contributed by atoms with Crippen LogP contribution < -0.4 is 5.73 Å². The molecule has 0 aliphatic heterocycles. The van der Waals surface area contributed by atoms with Gasteiger partial charge in [0.25, 0.3) is 0 Å². The maximum absolute atomic E-state index is 12.2. The van der Waals surface area contributed by atoms with Crippen molar-refractivity contribution in [1.29, 1.82) is 0 Å². The Balaban J connectivity index is 2.51. The SMILES string of the molecule is C=CCN(CC1CCCCC1)C(=O)C(N)CCC. The summed E-state index contributed by atoms with van der Waals surface area (Å²) >= 11 is 0. The molecule has 1 unspecified atom stereocenters. The topological polar surface area (TPSA) is 46.3 Å². The zero-order chi connectivity index (χ0) is 13.4. The monoisotopic (exact) mass is 252 g/mol. The molecule has 0 heterocycles. The average Bonchev–Trinajstić information content (AvgIpc) is 2.39. The Bertz CT molecular complexity index is 259. The molecule has 104 valence electrons. The summed E-state index contributed by atoms with van der Waals surface area (Å²) in [6.45, 7) is 7.30. The molecule has 0 bridgehead atoms. The van der Waals surface area contributed by atoms with E-state index in [9.17, 15) is 4.79 Å². The molecule has 2 N–H and O–H groups in total. The zero-order valence-corrected chi connectivity index (χ0v) is 11.7. The van der Waals surface area contributed by atoms with Gasteiger partial charge < -0.3 is 10.6 Å². The van der Waals surface area contributed by atoms with Crippen LogP contribution in [0.1, 0.15) is 51.9 Å². The van der Waals surface area contributed by atoms with E-state index in [2.05, 4.69) is 13.5 Å². The van der Waals surface area contributed by atoms with Crippen molar-refractivity contribution in [3.05, 3.63) is 12.7 Å². The van der Waals surface area contributed by atoms with Crippen LogP contribution in [-0.2, 0) is 4.79 Å². The van der Waals surface area contributed by atoms with Gasteiger partial charge in [-0.1, -0.05) is 38.7 Å². The van der Waals surface area contributed by atoms with E-state index in [1.807, 2.05) is 4.90 Å². The highest BCUT2D eigenvalue weighted by Gasteiger charge is 2.23. The Morgan fingerprint density at radius 2 is 2.11 bits per heavy atom. The molecule has 0 aromatic heterocycles. The number of carbonyl (C=O) groups excluding carboxylic acids is 1. The lowest BCUT2D eigenvalue weighted by atomic mass is 9.89. The Morgan fingerprint density at radius 3 is 2.67 bits per heavy atom. The minimum atomic E-state index is -0.335. The van der Waals surface area contributed by atoms with Gasteiger partial charge in [0.15, 0.2) is 0 Å². The largest absolute Gasteiger partial charge is 0.337 e. The number of rotatable bonds is 7. The number of nitrogens with two attached hydrogens (primary N) is 1. The van der Waals surface area contributed by atoms with Crippen LogP contribution in [0.3, 0.4) is 0 Å². The van der Waals surface area contributed by atoms with E-state index in [1.165, 1.54) is 32.1 Å². The molecule has 1 aliphatic carbocycles. The molecule has 18 heavy (non-hydrogen) atoms. The first kappa shape index (κ1) is 15.2. The summed E-state index contributed by atoms with van der Waals surface area (Å²) in [6.07, 6.45) is 10.0. The highest BCUT2D eigenvalue weighted by atomic mass is 16.2. The van der Waals surface area contributed by atoms with Gasteiger partial charge in [-0.15, -0.1) is 6.58 Å². The molecule has 0 aromatic carbocycles. The van der Waals surface area contributed by atoms with Gasteiger partial charge in [-0.25, -0.2) is 0 Å². The molecule has 1 rings (SSSR count). The van der Waals surface area contributed by atoms with Gasteiger partial charge in [-0.05, 0) is 25.2 Å². The third kappa shape index (κ3) is 4.81. The van der Waals surface area contributed by atoms with Crippen LogP contribution in [0.2, 0.25) is 0 Å². The van der Waals surface area contributed by atoms with E-state index in [0.717, 1.165) is 19.4 Å². The van der Waals surface area contributed by atoms with E-state index < -0.39 is 0 Å². The van der Waals surface area contributed by atoms with Gasteiger partial charge in [-0.2, -0.15) is 0 Å². The van der Waals surface area contributed by atoms with Crippen LogP contribution in [0.5, 0.6) is 0 Å². The van der Waals surface area contributed by atoms with E-state index in [0.29, 0.717) is 12.5 Å². The van der Waals surface area contributed by atoms with Gasteiger partial charge >= 0.3 is 0 Å². The Morgan fingerprint density at radius 1 is 1.44 bits per heavy atom. The van der Waals surface area contributed by atoms with Crippen molar-refractivity contribution in [2.24, 2.45) is 11.7 Å². The average molecular weight is 252 g/mol. The summed E-state index contributed by atoms with van der Waals surface area (Å²) in [6, 6.07) is -0.335. The lowest BCUT2D eigenvalue weighted by Gasteiger charge is -2.30. The molecule has 1 fully saturated rings. The fourth-order valence-electron chi connectivity index (χ4n) is 2.76. The van der Waals surface area contributed by atoms with Crippen LogP contribution in [0.25, 0.3) is 0 Å². The van der Waals surface area contributed by atoms with Crippen LogP contribution in [0.15, 0.2) is 12.7 Å². The number of nitrogens with zero attached hydrogens (tertiary/aromatic N) is 1. The summed E-state index contributed by atoms with van der Waals surface area (Å²) in [5.74, 6) is 0.763. The summed E-state index contributed by atoms with van der Waals surface area (Å²) in [4.78, 5) is 14.2. The molecule has 3 nitrogen and oxygen atoms in total. The normalized spacial score (nSPS) is 18.3. The molecule has 0 aromatic rings. The van der Waals surface area contributed by atoms with Gasteiger partial charge in [-0.3, -0.25) is 4.79 Å². The first-order chi connectivity index (χ1) is 8.69. The van der Waals surface area contributed by atoms with Crippen molar-refractivity contribution in [2.45, 2.75) is 57.9 Å². The molecule has 0 saturated heterocycles. The lowest BCUT2D eigenvalue weighted by Crippen LogP contribution is -2.45. The predicted octanol–water partition coefficient (Wildman–Crippen LogP) is 2.71. The third-order valence-electron chi connectivity index (χ3n) is 3.78. The van der Waals surface area contributed by atoms with Gasteiger partial charge in [0.2, 0.25) is 5.91 Å². The maximum Gasteiger partial charge on any atom is 0.239 e. The van der Waals surface area contributed by atoms with E-state index in [-0.39, 0.29) is 11.9 Å². The zero-order valence-electron chi connectivity index (χ0n) is 11.7. The van der Waals surface area contributed by atoms with Crippen molar-refractivity contribution < 1.29 is 4.79 Å². The number of hydrogen-bond donors (Lipinski definition) is 1. The van der Waals surface area contributed by atoms with Crippen molar-refractivity contribution in [1.82, 2.24) is 4.90 Å². The first-order valence-electron chi connectivity index (χ1n) is 7.34. The van der Waals surface area contributed by atoms with Crippen molar-refractivity contribution >= 4 is 5.91 Å². The quantitative estimate of drug-likeness (QED) is 0.708. The smallest absolute Gasteiger partial charge is 0.239 e. The Hall–Kier alpha value is -0.830.